The van der Waals surface area contributed by atoms with Gasteiger partial charge in [0.1, 0.15) is 0 Å². The van der Waals surface area contributed by atoms with Crippen LogP contribution in [0.4, 0.5) is 4.79 Å². The van der Waals surface area contributed by atoms with Gasteiger partial charge in [0.05, 0.1) is 6.61 Å². The Morgan fingerprint density at radius 3 is 2.38 bits per heavy atom. The van der Waals surface area contributed by atoms with Crippen LogP contribution >= 0.6 is 0 Å². The summed E-state index contributed by atoms with van der Waals surface area (Å²) in [5, 5.41) is 9.01. The largest absolute Gasteiger partial charge is 0.465 e. The van der Waals surface area contributed by atoms with E-state index in [1.807, 2.05) is 6.08 Å². The smallest absolute Gasteiger partial charge is 0.407 e. The van der Waals surface area contributed by atoms with Gasteiger partial charge >= 0.3 is 12.1 Å². The summed E-state index contributed by atoms with van der Waals surface area (Å²) >= 11 is 0. The summed E-state index contributed by atoms with van der Waals surface area (Å²) in [4.78, 5) is 23.8. The molecule has 1 heterocycles. The van der Waals surface area contributed by atoms with Crippen molar-refractivity contribution in [1.82, 2.24) is 4.90 Å². The van der Waals surface area contributed by atoms with Crippen molar-refractivity contribution < 1.29 is 19.4 Å². The van der Waals surface area contributed by atoms with Crippen LogP contribution in [0.25, 0.3) is 0 Å². The van der Waals surface area contributed by atoms with Gasteiger partial charge in [-0.15, -0.1) is 0 Å². The zero-order valence-electron chi connectivity index (χ0n) is 12.7. The molecular formula is C16H25NO4. The molecule has 0 bridgehead atoms. The van der Waals surface area contributed by atoms with Crippen LogP contribution in [0.2, 0.25) is 0 Å². The van der Waals surface area contributed by atoms with Gasteiger partial charge in [-0.1, -0.05) is 6.08 Å². The van der Waals surface area contributed by atoms with E-state index in [-0.39, 0.29) is 5.97 Å². The second-order valence-corrected chi connectivity index (χ2v) is 6.22. The topological polar surface area (TPSA) is 66.8 Å². The van der Waals surface area contributed by atoms with Crippen LogP contribution in [0.5, 0.6) is 0 Å². The number of ether oxygens (including phenoxy) is 1. The maximum absolute atomic E-state index is 11.3. The maximum atomic E-state index is 11.3. The van der Waals surface area contributed by atoms with Crippen molar-refractivity contribution in [2.75, 3.05) is 19.7 Å². The number of amides is 1. The van der Waals surface area contributed by atoms with Crippen LogP contribution in [-0.2, 0) is 9.53 Å². The molecule has 2 aliphatic rings. The first-order valence-electron chi connectivity index (χ1n) is 7.87. The van der Waals surface area contributed by atoms with Crippen LogP contribution in [0.1, 0.15) is 45.4 Å². The molecule has 2 rings (SSSR count). The van der Waals surface area contributed by atoms with Gasteiger partial charge in [-0.3, -0.25) is 0 Å². The molecule has 1 saturated heterocycles. The number of carbonyl (C=O) groups excluding carboxylic acids is 1. The predicted molar refractivity (Wildman–Crippen MR) is 79.0 cm³/mol. The lowest BCUT2D eigenvalue weighted by Crippen LogP contribution is -2.43. The lowest BCUT2D eigenvalue weighted by molar-refractivity contribution is -0.137. The van der Waals surface area contributed by atoms with E-state index in [4.69, 9.17) is 9.84 Å². The number of esters is 1. The van der Waals surface area contributed by atoms with Crippen molar-refractivity contribution in [1.29, 1.82) is 0 Å². The van der Waals surface area contributed by atoms with Gasteiger partial charge in [0.2, 0.25) is 0 Å². The molecule has 5 nitrogen and oxygen atoms in total. The normalized spacial score (nSPS) is 22.6. The first-order valence-corrected chi connectivity index (χ1v) is 7.87. The average molecular weight is 295 g/mol. The van der Waals surface area contributed by atoms with Crippen molar-refractivity contribution in [3.8, 4) is 0 Å². The van der Waals surface area contributed by atoms with Crippen molar-refractivity contribution in [2.45, 2.75) is 45.4 Å². The van der Waals surface area contributed by atoms with Crippen LogP contribution in [0.15, 0.2) is 12.2 Å². The lowest BCUT2D eigenvalue weighted by atomic mass is 9.65. The minimum Gasteiger partial charge on any atom is -0.465 e. The Labute approximate surface area is 126 Å². The fourth-order valence-electron chi connectivity index (χ4n) is 3.52. The highest BCUT2D eigenvalue weighted by Gasteiger charge is 2.38. The van der Waals surface area contributed by atoms with Crippen molar-refractivity contribution >= 4 is 12.1 Å². The number of likely N-dealkylation sites (tertiary alicyclic amines) is 1. The van der Waals surface area contributed by atoms with Crippen molar-refractivity contribution in [3.63, 3.8) is 0 Å². The second kappa shape index (κ2) is 6.96. The molecule has 1 aliphatic heterocycles. The van der Waals surface area contributed by atoms with E-state index in [2.05, 4.69) is 0 Å². The number of nitrogens with zero attached hydrogens (tertiary/aromatic N) is 1. The molecule has 5 heteroatoms. The third-order valence-corrected chi connectivity index (χ3v) is 4.98. The van der Waals surface area contributed by atoms with Gasteiger partial charge in [-0.05, 0) is 56.8 Å². The minimum atomic E-state index is -0.795. The van der Waals surface area contributed by atoms with E-state index in [9.17, 15) is 9.59 Å². The number of carbonyl (C=O) groups is 2. The Hall–Kier alpha value is -1.52. The molecule has 1 spiro atoms. The van der Waals surface area contributed by atoms with E-state index in [0.29, 0.717) is 31.0 Å². The summed E-state index contributed by atoms with van der Waals surface area (Å²) in [5.74, 6) is 0.199. The number of piperidine rings is 1. The van der Waals surface area contributed by atoms with Gasteiger partial charge < -0.3 is 14.7 Å². The third kappa shape index (κ3) is 4.22. The SMILES string of the molecule is CCOC(=O)C=CC1CCC2(CC1)CCN(C(=O)O)CC2. The lowest BCUT2D eigenvalue weighted by Gasteiger charge is -2.45. The number of hydrogen-bond donors (Lipinski definition) is 1. The second-order valence-electron chi connectivity index (χ2n) is 6.22. The van der Waals surface area contributed by atoms with Crippen LogP contribution in [0, 0.1) is 11.3 Å². The van der Waals surface area contributed by atoms with Gasteiger partial charge in [0.25, 0.3) is 0 Å². The summed E-state index contributed by atoms with van der Waals surface area (Å²) < 4.78 is 4.89. The minimum absolute atomic E-state index is 0.257. The summed E-state index contributed by atoms with van der Waals surface area (Å²) in [6.45, 7) is 3.55. The molecule has 0 aromatic heterocycles. The standard InChI is InChI=1S/C16H25NO4/c1-2-21-14(18)4-3-13-5-7-16(8-6-13)9-11-17(12-10-16)15(19)20/h3-4,13H,2,5-12H2,1H3,(H,19,20). The molecule has 2 fully saturated rings. The van der Waals surface area contributed by atoms with Crippen molar-refractivity contribution in [2.24, 2.45) is 11.3 Å². The van der Waals surface area contributed by atoms with Gasteiger partial charge in [-0.2, -0.15) is 0 Å². The molecule has 118 valence electrons. The molecule has 1 saturated carbocycles. The van der Waals surface area contributed by atoms with Gasteiger partial charge in [0, 0.05) is 19.2 Å². The molecule has 0 aromatic carbocycles. The number of hydrogen-bond acceptors (Lipinski definition) is 3. The summed E-state index contributed by atoms with van der Waals surface area (Å²) in [6, 6.07) is 0. The van der Waals surface area contributed by atoms with E-state index < -0.39 is 6.09 Å². The summed E-state index contributed by atoms with van der Waals surface area (Å²) in [6.07, 6.45) is 9.15. The van der Waals surface area contributed by atoms with Crippen molar-refractivity contribution in [3.05, 3.63) is 12.2 Å². The highest BCUT2D eigenvalue weighted by molar-refractivity contribution is 5.81. The Kier molecular flexibility index (Phi) is 5.26. The highest BCUT2D eigenvalue weighted by Crippen LogP contribution is 2.46. The molecule has 0 atom stereocenters. The fraction of sp³-hybridized carbons (Fsp3) is 0.750. The molecule has 0 unspecified atom stereocenters. The Morgan fingerprint density at radius 1 is 1.24 bits per heavy atom. The maximum Gasteiger partial charge on any atom is 0.407 e. The Bertz CT molecular complexity index is 401. The third-order valence-electron chi connectivity index (χ3n) is 4.98. The molecule has 1 N–H and O–H groups in total. The first-order chi connectivity index (χ1) is 10.0. The summed E-state index contributed by atoms with van der Waals surface area (Å²) in [5.41, 5.74) is 0.334. The fourth-order valence-corrected chi connectivity index (χ4v) is 3.52. The molecule has 21 heavy (non-hydrogen) atoms. The number of rotatable bonds is 3. The van der Waals surface area contributed by atoms with Crippen LogP contribution < -0.4 is 0 Å². The molecule has 0 aromatic rings. The monoisotopic (exact) mass is 295 g/mol. The predicted octanol–water partition coefficient (Wildman–Crippen LogP) is 3.06. The van der Waals surface area contributed by atoms with Gasteiger partial charge in [0.15, 0.2) is 0 Å². The molecular weight excluding hydrogens is 270 g/mol. The Balaban J connectivity index is 1.78. The zero-order valence-corrected chi connectivity index (χ0v) is 12.7. The van der Waals surface area contributed by atoms with Gasteiger partial charge in [-0.25, -0.2) is 9.59 Å². The molecule has 1 amide bonds. The molecule has 1 aliphatic carbocycles. The summed E-state index contributed by atoms with van der Waals surface area (Å²) in [7, 11) is 0. The quantitative estimate of drug-likeness (QED) is 0.642. The average Bonchev–Trinajstić information content (AvgIpc) is 2.48. The highest BCUT2D eigenvalue weighted by atomic mass is 16.5. The Morgan fingerprint density at radius 2 is 1.86 bits per heavy atom. The van der Waals surface area contributed by atoms with E-state index in [0.717, 1.165) is 38.5 Å². The number of allylic oxidation sites excluding steroid dienone is 1. The molecule has 0 radical (unpaired) electrons. The van der Waals surface area contributed by atoms with E-state index >= 15 is 0 Å². The van der Waals surface area contributed by atoms with Crippen LogP contribution in [-0.4, -0.2) is 41.8 Å². The first kappa shape index (κ1) is 15.9. The van der Waals surface area contributed by atoms with E-state index in [1.165, 1.54) is 4.90 Å². The van der Waals surface area contributed by atoms with E-state index in [1.54, 1.807) is 13.0 Å². The number of carboxylic acid groups (broad SMARTS) is 1. The van der Waals surface area contributed by atoms with Crippen LogP contribution in [0.3, 0.4) is 0 Å². The zero-order chi connectivity index (χ0) is 15.3.